The highest BCUT2D eigenvalue weighted by molar-refractivity contribution is 5.98. The lowest BCUT2D eigenvalue weighted by atomic mass is 9.80. The van der Waals surface area contributed by atoms with E-state index in [9.17, 15) is 19.8 Å². The third-order valence-electron chi connectivity index (χ3n) is 8.32. The van der Waals surface area contributed by atoms with Crippen LogP contribution in [0.5, 0.6) is 0 Å². The van der Waals surface area contributed by atoms with Crippen molar-refractivity contribution in [2.24, 2.45) is 0 Å². The van der Waals surface area contributed by atoms with Gasteiger partial charge in [-0.1, -0.05) is 73.5 Å². The first-order valence-electron chi connectivity index (χ1n) is 14.9. The second-order valence-corrected chi connectivity index (χ2v) is 12.5. The van der Waals surface area contributed by atoms with Gasteiger partial charge in [0.05, 0.1) is 30.7 Å². The van der Waals surface area contributed by atoms with Crippen molar-refractivity contribution in [3.05, 3.63) is 78.2 Å². The number of carbonyl (C=O) groups excluding carboxylic acids is 2. The molecule has 2 amide bonds. The van der Waals surface area contributed by atoms with E-state index in [1.807, 2.05) is 90.9 Å². The van der Waals surface area contributed by atoms with Crippen LogP contribution in [0.1, 0.15) is 68.5 Å². The van der Waals surface area contributed by atoms with Crippen LogP contribution in [0.25, 0.3) is 11.3 Å². The molecule has 1 saturated heterocycles. The third kappa shape index (κ3) is 6.37. The summed E-state index contributed by atoms with van der Waals surface area (Å²) in [5, 5.41) is 21.6. The van der Waals surface area contributed by atoms with Crippen LogP contribution in [-0.4, -0.2) is 85.0 Å². The predicted octanol–water partition coefficient (Wildman–Crippen LogP) is 4.69. The van der Waals surface area contributed by atoms with Gasteiger partial charge in [-0.25, -0.2) is 9.78 Å². The predicted molar refractivity (Wildman–Crippen MR) is 160 cm³/mol. The minimum absolute atomic E-state index is 0.222. The van der Waals surface area contributed by atoms with Gasteiger partial charge in [-0.3, -0.25) is 4.79 Å². The number of aromatic nitrogens is 2. The Morgan fingerprint density at radius 1 is 1.02 bits per heavy atom. The van der Waals surface area contributed by atoms with Crippen LogP contribution < -0.4 is 0 Å². The first-order valence-corrected chi connectivity index (χ1v) is 14.9. The maximum atomic E-state index is 14.4. The van der Waals surface area contributed by atoms with Crippen LogP contribution in [-0.2, 0) is 11.2 Å². The molecule has 3 aromatic rings. The Morgan fingerprint density at radius 3 is 2.38 bits per heavy atom. The van der Waals surface area contributed by atoms with Crippen molar-refractivity contribution < 1.29 is 24.5 Å². The summed E-state index contributed by atoms with van der Waals surface area (Å²) in [7, 11) is 0. The van der Waals surface area contributed by atoms with E-state index in [2.05, 4.69) is 4.98 Å². The second-order valence-electron chi connectivity index (χ2n) is 12.5. The zero-order chi connectivity index (χ0) is 29.9. The summed E-state index contributed by atoms with van der Waals surface area (Å²) in [4.78, 5) is 35.6. The molecule has 2 N–H and O–H groups in total. The molecule has 42 heavy (non-hydrogen) atoms. The normalized spacial score (nSPS) is 23.1. The number of rotatable bonds is 6. The van der Waals surface area contributed by atoms with E-state index < -0.39 is 17.2 Å². The van der Waals surface area contributed by atoms with Gasteiger partial charge in [0.2, 0.25) is 0 Å². The molecule has 0 radical (unpaired) electrons. The first kappa shape index (κ1) is 29.8. The van der Waals surface area contributed by atoms with Gasteiger partial charge in [-0.05, 0) is 45.6 Å². The first-order chi connectivity index (χ1) is 20.1. The number of hydrogen-bond acceptors (Lipinski definition) is 6. The van der Waals surface area contributed by atoms with Gasteiger partial charge in [-0.15, -0.1) is 0 Å². The van der Waals surface area contributed by atoms with Crippen molar-refractivity contribution in [2.45, 2.75) is 76.2 Å². The molecular formula is C33H42N4O5. The van der Waals surface area contributed by atoms with Crippen molar-refractivity contribution >= 4 is 12.0 Å². The molecule has 2 fully saturated rings. The number of imidazole rings is 1. The molecule has 1 aliphatic heterocycles. The van der Waals surface area contributed by atoms with Gasteiger partial charge in [0.25, 0.3) is 5.91 Å². The van der Waals surface area contributed by atoms with Gasteiger partial charge in [0, 0.05) is 25.2 Å². The molecule has 2 heterocycles. The number of benzene rings is 2. The molecule has 2 unspecified atom stereocenters. The van der Waals surface area contributed by atoms with Crippen LogP contribution in [0.2, 0.25) is 0 Å². The molecule has 9 nitrogen and oxygen atoms in total. The zero-order valence-corrected chi connectivity index (χ0v) is 24.8. The lowest BCUT2D eigenvalue weighted by Crippen LogP contribution is -2.58. The topological polar surface area (TPSA) is 108 Å². The molecule has 5 rings (SSSR count). The fourth-order valence-corrected chi connectivity index (χ4v) is 6.23. The Balaban J connectivity index is 1.51. The zero-order valence-electron chi connectivity index (χ0n) is 24.8. The monoisotopic (exact) mass is 574 g/mol. The minimum Gasteiger partial charge on any atom is -0.444 e. The number of aliphatic hydroxyl groups excluding tert-OH is 1. The Hall–Kier alpha value is -3.69. The number of piperazine rings is 1. The molecule has 0 spiro atoms. The maximum Gasteiger partial charge on any atom is 0.410 e. The minimum atomic E-state index is -1.29. The molecule has 1 aliphatic carbocycles. The maximum absolute atomic E-state index is 14.4. The molecule has 3 atom stereocenters. The highest BCUT2D eigenvalue weighted by Gasteiger charge is 2.42. The number of hydrogen-bond donors (Lipinski definition) is 2. The molecule has 9 heteroatoms. The molecule has 2 aromatic carbocycles. The SMILES string of the molecule is CC(C)(C)OC(=O)N1CCN(C(=O)c2ncn(C3CCCCC3(O)CO)c2-c2ccccc2)[C@H](Cc2ccccc2)C1. The number of nitrogens with zero attached hydrogens (tertiary/aromatic N) is 4. The fraction of sp³-hybridized carbons (Fsp3) is 0.485. The summed E-state index contributed by atoms with van der Waals surface area (Å²) in [6.45, 7) is 6.19. The smallest absolute Gasteiger partial charge is 0.410 e. The van der Waals surface area contributed by atoms with Crippen molar-refractivity contribution in [1.29, 1.82) is 0 Å². The van der Waals surface area contributed by atoms with Gasteiger partial charge >= 0.3 is 6.09 Å². The Bertz CT molecular complexity index is 1370. The van der Waals surface area contributed by atoms with Crippen LogP contribution in [0, 0.1) is 0 Å². The molecule has 1 saturated carbocycles. The summed E-state index contributed by atoms with van der Waals surface area (Å²) in [5.74, 6) is -0.222. The van der Waals surface area contributed by atoms with Crippen molar-refractivity contribution in [3.63, 3.8) is 0 Å². The van der Waals surface area contributed by atoms with Crippen molar-refractivity contribution in [3.8, 4) is 11.3 Å². The van der Waals surface area contributed by atoms with Crippen LogP contribution in [0.15, 0.2) is 67.0 Å². The molecular weight excluding hydrogens is 532 g/mol. The van der Waals surface area contributed by atoms with E-state index >= 15 is 0 Å². The summed E-state index contributed by atoms with van der Waals surface area (Å²) in [6.07, 6.45) is 4.71. The van der Waals surface area contributed by atoms with Crippen molar-refractivity contribution in [1.82, 2.24) is 19.4 Å². The lowest BCUT2D eigenvalue weighted by molar-refractivity contribution is -0.0787. The number of amides is 2. The largest absolute Gasteiger partial charge is 0.444 e. The van der Waals surface area contributed by atoms with Crippen LogP contribution in [0.3, 0.4) is 0 Å². The summed E-state index contributed by atoms with van der Waals surface area (Å²) >= 11 is 0. The Labute approximate surface area is 247 Å². The standard InChI is InChI=1S/C33H42N4O5/c1-32(2,3)42-31(40)35-18-19-36(26(21-35)20-24-12-6-4-7-13-24)30(39)28-29(25-14-8-5-9-15-25)37(23-34-28)27-16-10-11-17-33(27,41)22-38/h4-9,12-15,23,26-27,38,41H,10-11,16-22H2,1-3H3/t26-,27?,33?/m1/s1. The Morgan fingerprint density at radius 2 is 1.71 bits per heavy atom. The highest BCUT2D eigenvalue weighted by atomic mass is 16.6. The van der Waals surface area contributed by atoms with Crippen LogP contribution in [0.4, 0.5) is 4.79 Å². The molecule has 0 bridgehead atoms. The van der Waals surface area contributed by atoms with Crippen molar-refractivity contribution in [2.75, 3.05) is 26.2 Å². The third-order valence-corrected chi connectivity index (χ3v) is 8.32. The van der Waals surface area contributed by atoms with E-state index in [1.165, 1.54) is 0 Å². The van der Waals surface area contributed by atoms with E-state index in [4.69, 9.17) is 4.74 Å². The number of ether oxygens (including phenoxy) is 1. The average Bonchev–Trinajstić information content (AvgIpc) is 3.42. The quantitative estimate of drug-likeness (QED) is 0.442. The summed E-state index contributed by atoms with van der Waals surface area (Å²) in [6, 6.07) is 18.9. The summed E-state index contributed by atoms with van der Waals surface area (Å²) < 4.78 is 7.55. The van der Waals surface area contributed by atoms with Crippen LogP contribution >= 0.6 is 0 Å². The second kappa shape index (κ2) is 12.3. The van der Waals surface area contributed by atoms with Gasteiger partial charge in [-0.2, -0.15) is 0 Å². The molecule has 224 valence electrons. The van der Waals surface area contributed by atoms with E-state index in [0.717, 1.165) is 24.0 Å². The van der Waals surface area contributed by atoms with Gasteiger partial charge in [0.1, 0.15) is 11.2 Å². The highest BCUT2D eigenvalue weighted by Crippen LogP contribution is 2.40. The van der Waals surface area contributed by atoms with Gasteiger partial charge < -0.3 is 29.3 Å². The molecule has 2 aliphatic rings. The Kier molecular flexibility index (Phi) is 8.70. The number of aliphatic hydroxyl groups is 2. The fourth-order valence-electron chi connectivity index (χ4n) is 6.23. The van der Waals surface area contributed by atoms with E-state index in [-0.39, 0.29) is 24.6 Å². The number of carbonyl (C=O) groups is 2. The van der Waals surface area contributed by atoms with E-state index in [0.29, 0.717) is 50.3 Å². The lowest BCUT2D eigenvalue weighted by Gasteiger charge is -2.42. The van der Waals surface area contributed by atoms with Gasteiger partial charge in [0.15, 0.2) is 5.69 Å². The van der Waals surface area contributed by atoms with E-state index in [1.54, 1.807) is 11.2 Å². The average molecular weight is 575 g/mol. The molecule has 1 aromatic heterocycles. The summed E-state index contributed by atoms with van der Waals surface area (Å²) in [5.41, 5.74) is 0.902.